The van der Waals surface area contributed by atoms with Crippen LogP contribution in [0, 0.1) is 17.5 Å². The number of pyridine rings is 1. The fourth-order valence-electron chi connectivity index (χ4n) is 1.67. The van der Waals surface area contributed by atoms with Gasteiger partial charge in [-0.15, -0.1) is 0 Å². The van der Waals surface area contributed by atoms with Gasteiger partial charge < -0.3 is 4.98 Å². The van der Waals surface area contributed by atoms with Gasteiger partial charge in [-0.25, -0.2) is 23.1 Å². The van der Waals surface area contributed by atoms with E-state index in [0.717, 1.165) is 12.1 Å². The van der Waals surface area contributed by atoms with Crippen molar-refractivity contribution in [3.63, 3.8) is 0 Å². The van der Waals surface area contributed by atoms with Crippen LogP contribution in [0.2, 0.25) is 0 Å². The van der Waals surface area contributed by atoms with Crippen LogP contribution in [0.5, 0.6) is 0 Å². The summed E-state index contributed by atoms with van der Waals surface area (Å²) in [5, 5.41) is 0. The van der Waals surface area contributed by atoms with E-state index in [1.54, 1.807) is 18.3 Å². The molecule has 2 heterocycles. The number of aromatic amines is 1. The fourth-order valence-corrected chi connectivity index (χ4v) is 1.67. The summed E-state index contributed by atoms with van der Waals surface area (Å²) in [6.07, 6.45) is 1.55. The van der Waals surface area contributed by atoms with E-state index >= 15 is 0 Å². The van der Waals surface area contributed by atoms with Crippen LogP contribution in [-0.2, 0) is 0 Å². The fraction of sp³-hybridized carbons (Fsp3) is 0. The first-order valence-electron chi connectivity index (χ1n) is 5.11. The number of imidazole rings is 1. The van der Waals surface area contributed by atoms with E-state index in [1.165, 1.54) is 0 Å². The Bertz CT molecular complexity index is 680. The summed E-state index contributed by atoms with van der Waals surface area (Å²) < 4.78 is 39.1. The van der Waals surface area contributed by atoms with Crippen LogP contribution in [0.25, 0.3) is 22.6 Å². The van der Waals surface area contributed by atoms with E-state index in [9.17, 15) is 13.2 Å². The molecule has 0 saturated heterocycles. The van der Waals surface area contributed by atoms with Crippen LogP contribution < -0.4 is 0 Å². The number of nitrogens with zero attached hydrogens (tertiary/aromatic N) is 2. The zero-order valence-electron chi connectivity index (χ0n) is 8.92. The zero-order valence-corrected chi connectivity index (χ0v) is 8.92. The second kappa shape index (κ2) is 3.83. The van der Waals surface area contributed by atoms with E-state index in [4.69, 9.17) is 0 Å². The highest BCUT2D eigenvalue weighted by atomic mass is 19.2. The predicted octanol–water partition coefficient (Wildman–Crippen LogP) is 3.04. The molecule has 3 rings (SSSR count). The van der Waals surface area contributed by atoms with Gasteiger partial charge in [0.15, 0.2) is 23.1 Å². The minimum Gasteiger partial charge on any atom is -0.337 e. The van der Waals surface area contributed by atoms with E-state index in [0.29, 0.717) is 11.2 Å². The third-order valence-electron chi connectivity index (χ3n) is 2.51. The average Bonchev–Trinajstić information content (AvgIpc) is 2.79. The van der Waals surface area contributed by atoms with Gasteiger partial charge in [-0.05, 0) is 24.3 Å². The lowest BCUT2D eigenvalue weighted by atomic mass is 10.2. The molecular weight excluding hydrogens is 243 g/mol. The summed E-state index contributed by atoms with van der Waals surface area (Å²) in [5.41, 5.74) is 1.19. The molecule has 1 aromatic carbocycles. The van der Waals surface area contributed by atoms with Crippen LogP contribution in [0.15, 0.2) is 30.5 Å². The first kappa shape index (κ1) is 10.8. The molecule has 0 radical (unpaired) electrons. The molecular formula is C12H6F3N3. The standard InChI is InChI=1S/C12H6F3N3/c13-7-4-6(5-8(14)10(7)15)11-17-9-2-1-3-16-12(9)18-11/h1-5H,(H,16,17,18). The molecule has 0 spiro atoms. The maximum absolute atomic E-state index is 13.1. The lowest BCUT2D eigenvalue weighted by molar-refractivity contribution is 0.447. The molecule has 0 amide bonds. The van der Waals surface area contributed by atoms with Gasteiger partial charge in [0, 0.05) is 11.8 Å². The summed E-state index contributed by atoms with van der Waals surface area (Å²) in [7, 11) is 0. The Morgan fingerprint density at radius 1 is 1.06 bits per heavy atom. The van der Waals surface area contributed by atoms with Crippen molar-refractivity contribution < 1.29 is 13.2 Å². The molecule has 0 saturated carbocycles. The van der Waals surface area contributed by atoms with Crippen molar-refractivity contribution in [3.05, 3.63) is 47.9 Å². The van der Waals surface area contributed by atoms with Gasteiger partial charge in [-0.1, -0.05) is 0 Å². The van der Waals surface area contributed by atoms with Gasteiger partial charge in [-0.2, -0.15) is 0 Å². The lowest BCUT2D eigenvalue weighted by Crippen LogP contribution is -1.92. The average molecular weight is 249 g/mol. The van der Waals surface area contributed by atoms with E-state index in [2.05, 4.69) is 15.0 Å². The molecule has 2 aromatic heterocycles. The minimum absolute atomic E-state index is 0.129. The Kier molecular flexibility index (Phi) is 2.29. The number of hydrogen-bond donors (Lipinski definition) is 1. The quantitative estimate of drug-likeness (QED) is 0.673. The number of rotatable bonds is 1. The third-order valence-corrected chi connectivity index (χ3v) is 2.51. The van der Waals surface area contributed by atoms with Crippen molar-refractivity contribution in [1.29, 1.82) is 0 Å². The van der Waals surface area contributed by atoms with Gasteiger partial charge in [0.1, 0.15) is 5.82 Å². The third kappa shape index (κ3) is 1.62. The summed E-state index contributed by atoms with van der Waals surface area (Å²) >= 11 is 0. The molecule has 0 bridgehead atoms. The first-order valence-corrected chi connectivity index (χ1v) is 5.11. The van der Waals surface area contributed by atoms with Gasteiger partial charge in [0.2, 0.25) is 0 Å². The maximum atomic E-state index is 13.1. The highest BCUT2D eigenvalue weighted by molar-refractivity contribution is 5.75. The predicted molar refractivity (Wildman–Crippen MR) is 59.2 cm³/mol. The molecule has 0 unspecified atom stereocenters. The Labute approximate surface area is 99.3 Å². The maximum Gasteiger partial charge on any atom is 0.194 e. The van der Waals surface area contributed by atoms with Crippen molar-refractivity contribution in [2.75, 3.05) is 0 Å². The largest absolute Gasteiger partial charge is 0.337 e. The Balaban J connectivity index is 2.20. The van der Waals surface area contributed by atoms with Crippen LogP contribution in [0.3, 0.4) is 0 Å². The molecule has 90 valence electrons. The number of fused-ring (bicyclic) bond motifs is 1. The molecule has 6 heteroatoms. The number of aromatic nitrogens is 3. The minimum atomic E-state index is -1.49. The van der Waals surface area contributed by atoms with Crippen LogP contribution in [-0.4, -0.2) is 15.0 Å². The highest BCUT2D eigenvalue weighted by Crippen LogP contribution is 2.23. The number of halogens is 3. The summed E-state index contributed by atoms with van der Waals surface area (Å²) in [5.74, 6) is -3.76. The van der Waals surface area contributed by atoms with Gasteiger partial charge in [0.05, 0.1) is 5.52 Å². The Morgan fingerprint density at radius 3 is 2.44 bits per heavy atom. The number of hydrogen-bond acceptors (Lipinski definition) is 2. The monoisotopic (exact) mass is 249 g/mol. The van der Waals surface area contributed by atoms with Crippen LogP contribution >= 0.6 is 0 Å². The second-order valence-corrected chi connectivity index (χ2v) is 3.71. The van der Waals surface area contributed by atoms with Crippen LogP contribution in [0.1, 0.15) is 0 Å². The number of H-pyrrole nitrogens is 1. The number of benzene rings is 1. The smallest absolute Gasteiger partial charge is 0.194 e. The topological polar surface area (TPSA) is 41.6 Å². The molecule has 0 aliphatic rings. The second-order valence-electron chi connectivity index (χ2n) is 3.71. The SMILES string of the molecule is Fc1cc(-c2nc3ncccc3[nH]2)cc(F)c1F. The molecule has 3 nitrogen and oxygen atoms in total. The van der Waals surface area contributed by atoms with Gasteiger partial charge in [0.25, 0.3) is 0 Å². The summed E-state index contributed by atoms with van der Waals surface area (Å²) in [4.78, 5) is 10.9. The lowest BCUT2D eigenvalue weighted by Gasteiger charge is -1.99. The molecule has 0 aliphatic heterocycles. The van der Waals surface area contributed by atoms with Crippen molar-refractivity contribution >= 4 is 11.2 Å². The highest BCUT2D eigenvalue weighted by Gasteiger charge is 2.13. The van der Waals surface area contributed by atoms with Gasteiger partial charge in [-0.3, -0.25) is 0 Å². The Hall–Kier alpha value is -2.37. The molecule has 1 N–H and O–H groups in total. The molecule has 0 fully saturated rings. The van der Waals surface area contributed by atoms with E-state index in [1.807, 2.05) is 0 Å². The van der Waals surface area contributed by atoms with Crippen LogP contribution in [0.4, 0.5) is 13.2 Å². The van der Waals surface area contributed by atoms with Gasteiger partial charge >= 0.3 is 0 Å². The summed E-state index contributed by atoms with van der Waals surface area (Å²) in [6.45, 7) is 0. The van der Waals surface area contributed by atoms with E-state index in [-0.39, 0.29) is 11.4 Å². The van der Waals surface area contributed by atoms with E-state index < -0.39 is 17.5 Å². The number of nitrogens with one attached hydrogen (secondary N) is 1. The molecule has 3 aromatic rings. The molecule has 18 heavy (non-hydrogen) atoms. The Morgan fingerprint density at radius 2 is 1.78 bits per heavy atom. The normalized spacial score (nSPS) is 11.1. The first-order chi connectivity index (χ1) is 8.65. The van der Waals surface area contributed by atoms with Crippen molar-refractivity contribution in [2.24, 2.45) is 0 Å². The molecule has 0 atom stereocenters. The zero-order chi connectivity index (χ0) is 12.7. The van der Waals surface area contributed by atoms with Crippen molar-refractivity contribution in [3.8, 4) is 11.4 Å². The summed E-state index contributed by atoms with van der Waals surface area (Å²) in [6, 6.07) is 5.21. The van der Waals surface area contributed by atoms with Crippen molar-refractivity contribution in [2.45, 2.75) is 0 Å². The van der Waals surface area contributed by atoms with Crippen molar-refractivity contribution in [1.82, 2.24) is 15.0 Å². The molecule has 0 aliphatic carbocycles.